The molecule has 1 aromatic heterocycles. The summed E-state index contributed by atoms with van der Waals surface area (Å²) >= 11 is 0. The lowest BCUT2D eigenvalue weighted by Crippen LogP contribution is -2.36. The van der Waals surface area contributed by atoms with Crippen molar-refractivity contribution in [1.82, 2.24) is 15.4 Å². The number of nitrogens with zero attached hydrogens (tertiary/aromatic N) is 3. The van der Waals surface area contributed by atoms with E-state index < -0.39 is 0 Å². The summed E-state index contributed by atoms with van der Waals surface area (Å²) in [6.45, 7) is 0.864. The minimum Gasteiger partial charge on any atom is -0.382 e. The van der Waals surface area contributed by atoms with Crippen molar-refractivity contribution in [1.29, 1.82) is 0 Å². The van der Waals surface area contributed by atoms with Crippen LogP contribution in [0.2, 0.25) is 0 Å². The molecule has 0 saturated heterocycles. The third kappa shape index (κ3) is 5.23. The van der Waals surface area contributed by atoms with Crippen LogP contribution < -0.4 is 10.4 Å². The van der Waals surface area contributed by atoms with Crippen LogP contribution in [0.5, 0.6) is 0 Å². The van der Waals surface area contributed by atoms with Gasteiger partial charge in [-0.05, 0) is 6.07 Å². The first-order valence-electron chi connectivity index (χ1n) is 5.11. The number of carbonyl (C=O) groups is 1. The number of aromatic nitrogens is 2. The standard InChI is InChI=1S/C10H16N4O3/c1-14(10-11-4-3-5-12-10)8-9(15)13-17-7-6-16-2/h3-5H,6-8H2,1-2H3,(H,13,15). The molecule has 1 N–H and O–H groups in total. The van der Waals surface area contributed by atoms with Crippen molar-refractivity contribution >= 4 is 11.9 Å². The lowest BCUT2D eigenvalue weighted by Gasteiger charge is -2.15. The van der Waals surface area contributed by atoms with E-state index in [0.717, 1.165) is 0 Å². The van der Waals surface area contributed by atoms with E-state index in [1.165, 1.54) is 0 Å². The minimum atomic E-state index is -0.268. The Kier molecular flexibility index (Phi) is 5.91. The molecule has 0 unspecified atom stereocenters. The van der Waals surface area contributed by atoms with Crippen molar-refractivity contribution in [3.63, 3.8) is 0 Å². The summed E-state index contributed by atoms with van der Waals surface area (Å²) in [4.78, 5) is 25.9. The monoisotopic (exact) mass is 240 g/mol. The number of hydrogen-bond donors (Lipinski definition) is 1. The van der Waals surface area contributed by atoms with E-state index in [1.54, 1.807) is 37.5 Å². The van der Waals surface area contributed by atoms with Crippen LogP contribution in [-0.4, -0.2) is 49.8 Å². The summed E-state index contributed by atoms with van der Waals surface area (Å²) in [5.74, 6) is 0.218. The summed E-state index contributed by atoms with van der Waals surface area (Å²) in [5.41, 5.74) is 2.30. The molecule has 0 aliphatic carbocycles. The highest BCUT2D eigenvalue weighted by Crippen LogP contribution is 2.00. The van der Waals surface area contributed by atoms with Gasteiger partial charge in [0.2, 0.25) is 5.95 Å². The molecule has 0 radical (unpaired) electrons. The fourth-order valence-electron chi connectivity index (χ4n) is 1.06. The molecule has 0 fully saturated rings. The molecule has 94 valence electrons. The van der Waals surface area contributed by atoms with Crippen LogP contribution in [0.3, 0.4) is 0 Å². The predicted octanol–water partition coefficient (Wildman–Crippen LogP) is -0.393. The molecule has 7 nitrogen and oxygen atoms in total. The van der Waals surface area contributed by atoms with E-state index >= 15 is 0 Å². The molecule has 0 aliphatic rings. The Morgan fingerprint density at radius 1 is 1.41 bits per heavy atom. The molecule has 0 aliphatic heterocycles. The van der Waals surface area contributed by atoms with Crippen LogP contribution in [-0.2, 0) is 14.4 Å². The van der Waals surface area contributed by atoms with Gasteiger partial charge in [0.1, 0.15) is 6.54 Å². The number of anilines is 1. The first-order chi connectivity index (χ1) is 8.24. The Morgan fingerprint density at radius 3 is 2.76 bits per heavy atom. The second kappa shape index (κ2) is 7.53. The molecule has 0 atom stereocenters. The Hall–Kier alpha value is -1.73. The highest BCUT2D eigenvalue weighted by Gasteiger charge is 2.08. The highest BCUT2D eigenvalue weighted by atomic mass is 16.7. The van der Waals surface area contributed by atoms with Gasteiger partial charge in [0, 0.05) is 26.6 Å². The molecule has 1 rings (SSSR count). The number of ether oxygens (including phenoxy) is 1. The average molecular weight is 240 g/mol. The van der Waals surface area contributed by atoms with Gasteiger partial charge in [0.05, 0.1) is 13.2 Å². The third-order valence-electron chi connectivity index (χ3n) is 1.85. The van der Waals surface area contributed by atoms with Gasteiger partial charge < -0.3 is 9.64 Å². The van der Waals surface area contributed by atoms with Gasteiger partial charge in [-0.2, -0.15) is 0 Å². The molecular weight excluding hydrogens is 224 g/mol. The summed E-state index contributed by atoms with van der Waals surface area (Å²) in [6.07, 6.45) is 3.23. The van der Waals surface area contributed by atoms with Crippen molar-refractivity contribution in [2.24, 2.45) is 0 Å². The number of likely N-dealkylation sites (N-methyl/N-ethyl adjacent to an activating group) is 1. The van der Waals surface area contributed by atoms with Crippen LogP contribution in [0, 0.1) is 0 Å². The molecule has 1 amide bonds. The maximum absolute atomic E-state index is 11.4. The van der Waals surface area contributed by atoms with E-state index in [1.807, 2.05) is 0 Å². The third-order valence-corrected chi connectivity index (χ3v) is 1.85. The second-order valence-corrected chi connectivity index (χ2v) is 3.27. The molecule has 0 spiro atoms. The number of methoxy groups -OCH3 is 1. The lowest BCUT2D eigenvalue weighted by atomic mass is 10.5. The zero-order valence-corrected chi connectivity index (χ0v) is 9.92. The Bertz CT molecular complexity index is 334. The Morgan fingerprint density at radius 2 is 2.12 bits per heavy atom. The Labute approximate surface area is 99.7 Å². The normalized spacial score (nSPS) is 10.0. The van der Waals surface area contributed by atoms with Crippen LogP contribution in [0.1, 0.15) is 0 Å². The van der Waals surface area contributed by atoms with Crippen LogP contribution in [0.15, 0.2) is 18.5 Å². The summed E-state index contributed by atoms with van der Waals surface area (Å²) in [6, 6.07) is 1.71. The summed E-state index contributed by atoms with van der Waals surface area (Å²) in [5, 5.41) is 0. The van der Waals surface area contributed by atoms with Gasteiger partial charge in [-0.15, -0.1) is 0 Å². The number of rotatable bonds is 7. The summed E-state index contributed by atoms with van der Waals surface area (Å²) < 4.78 is 4.77. The van der Waals surface area contributed by atoms with Gasteiger partial charge >= 0.3 is 0 Å². The number of hydrogen-bond acceptors (Lipinski definition) is 6. The van der Waals surface area contributed by atoms with Crippen LogP contribution in [0.25, 0.3) is 0 Å². The number of nitrogens with one attached hydrogen (secondary N) is 1. The van der Waals surface area contributed by atoms with Gasteiger partial charge in [0.25, 0.3) is 5.91 Å². The van der Waals surface area contributed by atoms with Crippen molar-refractivity contribution in [3.05, 3.63) is 18.5 Å². The predicted molar refractivity (Wildman–Crippen MR) is 61.3 cm³/mol. The van der Waals surface area contributed by atoms with Gasteiger partial charge in [-0.1, -0.05) is 0 Å². The average Bonchev–Trinajstić information content (AvgIpc) is 2.36. The number of hydroxylamine groups is 1. The van der Waals surface area contributed by atoms with Crippen molar-refractivity contribution in [3.8, 4) is 0 Å². The smallest absolute Gasteiger partial charge is 0.263 e. The lowest BCUT2D eigenvalue weighted by molar-refractivity contribution is -0.133. The Balaban J connectivity index is 2.26. The van der Waals surface area contributed by atoms with Gasteiger partial charge in [0.15, 0.2) is 0 Å². The molecule has 7 heteroatoms. The molecule has 1 aromatic rings. The summed E-state index contributed by atoms with van der Waals surface area (Å²) in [7, 11) is 3.29. The molecular formula is C10H16N4O3. The maximum Gasteiger partial charge on any atom is 0.263 e. The quantitative estimate of drug-likeness (QED) is 0.516. The fraction of sp³-hybridized carbons (Fsp3) is 0.500. The van der Waals surface area contributed by atoms with Gasteiger partial charge in [-0.25, -0.2) is 15.4 Å². The van der Waals surface area contributed by atoms with E-state index in [9.17, 15) is 4.79 Å². The molecule has 0 saturated carbocycles. The van der Waals surface area contributed by atoms with Gasteiger partial charge in [-0.3, -0.25) is 9.63 Å². The molecule has 17 heavy (non-hydrogen) atoms. The molecule has 1 heterocycles. The first-order valence-corrected chi connectivity index (χ1v) is 5.11. The maximum atomic E-state index is 11.4. The van der Waals surface area contributed by atoms with E-state index in [-0.39, 0.29) is 12.5 Å². The first kappa shape index (κ1) is 13.3. The van der Waals surface area contributed by atoms with E-state index in [0.29, 0.717) is 19.2 Å². The van der Waals surface area contributed by atoms with E-state index in [4.69, 9.17) is 9.57 Å². The minimum absolute atomic E-state index is 0.122. The molecule has 0 bridgehead atoms. The van der Waals surface area contributed by atoms with Crippen LogP contribution in [0.4, 0.5) is 5.95 Å². The van der Waals surface area contributed by atoms with Crippen molar-refractivity contribution in [2.45, 2.75) is 0 Å². The van der Waals surface area contributed by atoms with Crippen LogP contribution >= 0.6 is 0 Å². The zero-order valence-electron chi connectivity index (χ0n) is 9.92. The number of carbonyl (C=O) groups excluding carboxylic acids is 1. The highest BCUT2D eigenvalue weighted by molar-refractivity contribution is 5.79. The van der Waals surface area contributed by atoms with Crippen molar-refractivity contribution < 1.29 is 14.4 Å². The van der Waals surface area contributed by atoms with Crippen molar-refractivity contribution in [2.75, 3.05) is 38.8 Å². The number of amides is 1. The fourth-order valence-corrected chi connectivity index (χ4v) is 1.06. The topological polar surface area (TPSA) is 76.6 Å². The second-order valence-electron chi connectivity index (χ2n) is 3.27. The molecule has 0 aromatic carbocycles. The van der Waals surface area contributed by atoms with E-state index in [2.05, 4.69) is 15.4 Å². The zero-order chi connectivity index (χ0) is 12.5. The SMILES string of the molecule is COCCONC(=O)CN(C)c1ncccn1. The largest absolute Gasteiger partial charge is 0.382 e.